The van der Waals surface area contributed by atoms with E-state index in [2.05, 4.69) is 12.1 Å². The van der Waals surface area contributed by atoms with E-state index in [-0.39, 0.29) is 0 Å². The number of rotatable bonds is 1. The van der Waals surface area contributed by atoms with Crippen LogP contribution >= 0.6 is 11.8 Å². The summed E-state index contributed by atoms with van der Waals surface area (Å²) >= 11 is 1.86. The van der Waals surface area contributed by atoms with Gasteiger partial charge in [-0.3, -0.25) is 4.79 Å². The van der Waals surface area contributed by atoms with Crippen LogP contribution in [0.15, 0.2) is 35.2 Å². The summed E-state index contributed by atoms with van der Waals surface area (Å²) < 4.78 is 0. The zero-order valence-corrected chi connectivity index (χ0v) is 8.01. The van der Waals surface area contributed by atoms with Gasteiger partial charge in [0, 0.05) is 10.6 Å². The number of allylic oxidation sites excluding steroid dienone is 2. The number of hydrogen-bond donors (Lipinski definition) is 0. The molecule has 1 aliphatic rings. The van der Waals surface area contributed by atoms with E-state index in [1.165, 1.54) is 16.0 Å². The molecule has 0 spiro atoms. The van der Waals surface area contributed by atoms with Crippen molar-refractivity contribution in [1.29, 1.82) is 0 Å². The van der Waals surface area contributed by atoms with Crippen molar-refractivity contribution in [3.05, 3.63) is 35.9 Å². The SMILES string of the molecule is O=C/C=C1/CCSc2ccccc21. The molecular weight excluding hydrogens is 180 g/mol. The lowest BCUT2D eigenvalue weighted by Gasteiger charge is -2.17. The largest absolute Gasteiger partial charge is 0.299 e. The van der Waals surface area contributed by atoms with Crippen LogP contribution in [0, 0.1) is 0 Å². The van der Waals surface area contributed by atoms with Crippen molar-refractivity contribution in [3.63, 3.8) is 0 Å². The van der Waals surface area contributed by atoms with Crippen LogP contribution in [0.3, 0.4) is 0 Å². The summed E-state index contributed by atoms with van der Waals surface area (Å²) in [5.74, 6) is 1.08. The topological polar surface area (TPSA) is 17.1 Å². The van der Waals surface area contributed by atoms with Gasteiger partial charge in [0.05, 0.1) is 0 Å². The first-order valence-corrected chi connectivity index (χ1v) is 5.27. The van der Waals surface area contributed by atoms with E-state index >= 15 is 0 Å². The van der Waals surface area contributed by atoms with Gasteiger partial charge in [0.2, 0.25) is 0 Å². The van der Waals surface area contributed by atoms with Crippen LogP contribution in [0.25, 0.3) is 5.57 Å². The molecule has 66 valence electrons. The molecule has 1 aliphatic heterocycles. The Morgan fingerprint density at radius 2 is 2.15 bits per heavy atom. The highest BCUT2D eigenvalue weighted by Gasteiger charge is 2.12. The van der Waals surface area contributed by atoms with Gasteiger partial charge in [0.25, 0.3) is 0 Å². The Morgan fingerprint density at radius 1 is 1.31 bits per heavy atom. The molecule has 0 aliphatic carbocycles. The van der Waals surface area contributed by atoms with Gasteiger partial charge in [-0.15, -0.1) is 11.8 Å². The second-order valence-corrected chi connectivity index (χ2v) is 4.06. The smallest absolute Gasteiger partial charge is 0.143 e. The molecule has 2 rings (SSSR count). The summed E-state index contributed by atoms with van der Waals surface area (Å²) in [4.78, 5) is 11.7. The molecule has 0 aromatic heterocycles. The van der Waals surface area contributed by atoms with Crippen LogP contribution in [-0.2, 0) is 4.79 Å². The molecular formula is C11H10OS. The third kappa shape index (κ3) is 1.68. The van der Waals surface area contributed by atoms with E-state index in [0.717, 1.165) is 18.5 Å². The monoisotopic (exact) mass is 190 g/mol. The first kappa shape index (κ1) is 8.57. The van der Waals surface area contributed by atoms with Crippen LogP contribution in [0.1, 0.15) is 12.0 Å². The first-order valence-electron chi connectivity index (χ1n) is 4.28. The summed E-state index contributed by atoms with van der Waals surface area (Å²) in [5, 5.41) is 0. The Morgan fingerprint density at radius 3 is 3.00 bits per heavy atom. The molecule has 0 amide bonds. The minimum Gasteiger partial charge on any atom is -0.299 e. The number of hydrogen-bond acceptors (Lipinski definition) is 2. The maximum atomic E-state index is 10.4. The van der Waals surface area contributed by atoms with Crippen LogP contribution < -0.4 is 0 Å². The normalized spacial score (nSPS) is 18.3. The zero-order valence-electron chi connectivity index (χ0n) is 7.19. The fourth-order valence-corrected chi connectivity index (χ4v) is 2.59. The van der Waals surface area contributed by atoms with Crippen LogP contribution in [0.5, 0.6) is 0 Å². The molecule has 0 bridgehead atoms. The Labute approximate surface area is 81.8 Å². The highest BCUT2D eigenvalue weighted by atomic mass is 32.2. The van der Waals surface area contributed by atoms with Crippen molar-refractivity contribution in [3.8, 4) is 0 Å². The summed E-state index contributed by atoms with van der Waals surface area (Å²) in [7, 11) is 0. The molecule has 0 radical (unpaired) electrons. The Bertz CT molecular complexity index is 355. The fraction of sp³-hybridized carbons (Fsp3) is 0.182. The Kier molecular flexibility index (Phi) is 2.50. The van der Waals surface area contributed by atoms with Crippen molar-refractivity contribution in [2.45, 2.75) is 11.3 Å². The third-order valence-corrected chi connectivity index (χ3v) is 3.21. The van der Waals surface area contributed by atoms with Gasteiger partial charge in [0.1, 0.15) is 6.29 Å². The standard InChI is InChI=1S/C11H10OS/c12-7-5-9-6-8-13-11-4-2-1-3-10(9)11/h1-5,7H,6,8H2/b9-5-. The quantitative estimate of drug-likeness (QED) is 0.500. The van der Waals surface area contributed by atoms with Gasteiger partial charge in [-0.2, -0.15) is 0 Å². The molecule has 1 aromatic rings. The highest BCUT2D eigenvalue weighted by molar-refractivity contribution is 7.99. The molecule has 0 saturated carbocycles. The van der Waals surface area contributed by atoms with Crippen LogP contribution in [-0.4, -0.2) is 12.0 Å². The van der Waals surface area contributed by atoms with E-state index < -0.39 is 0 Å². The molecule has 13 heavy (non-hydrogen) atoms. The molecule has 1 heterocycles. The van der Waals surface area contributed by atoms with Crippen molar-refractivity contribution in [2.75, 3.05) is 5.75 Å². The first-order chi connectivity index (χ1) is 6.42. The molecule has 1 nitrogen and oxygen atoms in total. The molecule has 2 heteroatoms. The van der Waals surface area contributed by atoms with Crippen LogP contribution in [0.4, 0.5) is 0 Å². The summed E-state index contributed by atoms with van der Waals surface area (Å²) in [6.07, 6.45) is 3.56. The maximum Gasteiger partial charge on any atom is 0.143 e. The lowest BCUT2D eigenvalue weighted by atomic mass is 10.0. The maximum absolute atomic E-state index is 10.4. The van der Waals surface area contributed by atoms with E-state index in [1.54, 1.807) is 6.08 Å². The number of carbonyl (C=O) groups excluding carboxylic acids is 1. The lowest BCUT2D eigenvalue weighted by molar-refractivity contribution is -0.104. The second-order valence-electron chi connectivity index (χ2n) is 2.92. The van der Waals surface area contributed by atoms with Gasteiger partial charge in [-0.05, 0) is 29.7 Å². The number of carbonyl (C=O) groups is 1. The van der Waals surface area contributed by atoms with Crippen molar-refractivity contribution in [2.24, 2.45) is 0 Å². The van der Waals surface area contributed by atoms with Crippen molar-refractivity contribution in [1.82, 2.24) is 0 Å². The fourth-order valence-electron chi connectivity index (χ4n) is 1.52. The molecule has 0 unspecified atom stereocenters. The average molecular weight is 190 g/mol. The number of fused-ring (bicyclic) bond motifs is 1. The van der Waals surface area contributed by atoms with Gasteiger partial charge in [0.15, 0.2) is 0 Å². The molecule has 1 aromatic carbocycles. The number of thioether (sulfide) groups is 1. The third-order valence-electron chi connectivity index (χ3n) is 2.13. The summed E-state index contributed by atoms with van der Waals surface area (Å²) in [5.41, 5.74) is 2.40. The Balaban J connectivity index is 2.48. The van der Waals surface area contributed by atoms with E-state index in [9.17, 15) is 4.79 Å². The van der Waals surface area contributed by atoms with Crippen molar-refractivity contribution < 1.29 is 4.79 Å². The minimum atomic E-state index is 0.877. The molecule has 0 N–H and O–H groups in total. The van der Waals surface area contributed by atoms with Gasteiger partial charge >= 0.3 is 0 Å². The second kappa shape index (κ2) is 3.79. The van der Waals surface area contributed by atoms with E-state index in [4.69, 9.17) is 0 Å². The molecule has 0 fully saturated rings. The van der Waals surface area contributed by atoms with E-state index in [0.29, 0.717) is 0 Å². The molecule has 0 saturated heterocycles. The van der Waals surface area contributed by atoms with Gasteiger partial charge < -0.3 is 0 Å². The zero-order chi connectivity index (χ0) is 9.10. The van der Waals surface area contributed by atoms with Gasteiger partial charge in [-0.1, -0.05) is 18.2 Å². The lowest BCUT2D eigenvalue weighted by Crippen LogP contribution is -1.97. The minimum absolute atomic E-state index is 0.877. The van der Waals surface area contributed by atoms with Crippen LogP contribution in [0.2, 0.25) is 0 Å². The van der Waals surface area contributed by atoms with E-state index in [1.807, 2.05) is 23.9 Å². The Hall–Kier alpha value is -1.02. The average Bonchev–Trinajstić information content (AvgIpc) is 2.19. The van der Waals surface area contributed by atoms with Gasteiger partial charge in [-0.25, -0.2) is 0 Å². The summed E-state index contributed by atoms with van der Waals surface area (Å²) in [6.45, 7) is 0. The molecule has 0 atom stereocenters. The summed E-state index contributed by atoms with van der Waals surface area (Å²) in [6, 6.07) is 8.24. The number of benzene rings is 1. The van der Waals surface area contributed by atoms with Crippen molar-refractivity contribution >= 4 is 23.6 Å². The predicted octanol–water partition coefficient (Wildman–Crippen LogP) is 2.76. The number of aldehydes is 1. The predicted molar refractivity (Wildman–Crippen MR) is 55.8 cm³/mol. The highest BCUT2D eigenvalue weighted by Crippen LogP contribution is 2.36.